The molecule has 0 heterocycles. The second-order valence-corrected chi connectivity index (χ2v) is 3.11. The molecule has 0 aliphatic rings. The molecular weight excluding hydrogens is 231 g/mol. The molecule has 0 radical (unpaired) electrons. The van der Waals surface area contributed by atoms with E-state index in [1.165, 1.54) is 0 Å². The zero-order valence-electron chi connectivity index (χ0n) is 3.83. The maximum atomic E-state index is 11.8. The topological polar surface area (TPSA) is 43.1 Å². The van der Waals surface area contributed by atoms with Crippen LogP contribution in [0, 0.1) is 0 Å². The van der Waals surface area contributed by atoms with E-state index in [9.17, 15) is 13.6 Å². The van der Waals surface area contributed by atoms with Crippen molar-refractivity contribution in [3.05, 3.63) is 0 Å². The molecule has 0 fully saturated rings. The number of alkyl halides is 3. The Balaban J connectivity index is 4.12. The smallest absolute Gasteiger partial charge is 0.364 e. The molecule has 0 atom stereocenters. The van der Waals surface area contributed by atoms with Crippen molar-refractivity contribution in [3.63, 3.8) is 0 Å². The van der Waals surface area contributed by atoms with Gasteiger partial charge in [0.2, 0.25) is 0 Å². The minimum atomic E-state index is -3.32. The average molecular weight is 235 g/mol. The molecule has 0 aromatic rings. The SMILES string of the molecule is C=IC(F)(F)C(N)=O. The van der Waals surface area contributed by atoms with Crippen molar-refractivity contribution in [1.29, 1.82) is 0 Å². The summed E-state index contributed by atoms with van der Waals surface area (Å²) in [5, 5.41) is 0. The molecule has 1 amide bonds. The Morgan fingerprint density at radius 1 is 1.75 bits per heavy atom. The minimum absolute atomic E-state index is 1.57. The zero-order chi connectivity index (χ0) is 6.78. The number of halogens is 3. The summed E-state index contributed by atoms with van der Waals surface area (Å²) in [5.74, 6) is -1.57. The van der Waals surface area contributed by atoms with Crippen molar-refractivity contribution in [1.82, 2.24) is 0 Å². The zero-order valence-corrected chi connectivity index (χ0v) is 5.98. The largest absolute Gasteiger partial charge is 0.366 e. The number of amides is 1. The van der Waals surface area contributed by atoms with Gasteiger partial charge in [-0.3, -0.25) is 4.79 Å². The van der Waals surface area contributed by atoms with Gasteiger partial charge in [-0.2, -0.15) is 8.78 Å². The number of primary amides is 1. The summed E-state index contributed by atoms with van der Waals surface area (Å²) in [6.07, 6.45) is 0. The van der Waals surface area contributed by atoms with Crippen LogP contribution in [0.3, 0.4) is 0 Å². The highest BCUT2D eigenvalue weighted by Crippen LogP contribution is 2.25. The Hall–Kier alpha value is -0.0700. The fraction of sp³-hybridized carbons (Fsp3) is 0.333. The van der Waals surface area contributed by atoms with Crippen LogP contribution < -0.4 is 5.73 Å². The van der Waals surface area contributed by atoms with E-state index in [2.05, 4.69) is 10.2 Å². The summed E-state index contributed by atoms with van der Waals surface area (Å²) < 4.78 is 23.2. The van der Waals surface area contributed by atoms with Gasteiger partial charge in [-0.1, -0.05) is 4.51 Å². The molecular formula is C3H4F2INO. The van der Waals surface area contributed by atoms with Gasteiger partial charge in [0, 0.05) is 0 Å². The van der Waals surface area contributed by atoms with E-state index in [0.29, 0.717) is 0 Å². The standard InChI is InChI=1S/C3H4F2INO/c1-6-3(4,5)2(7)8/h1H2,(H2,7,8). The van der Waals surface area contributed by atoms with Gasteiger partial charge in [0.25, 0.3) is 5.91 Å². The molecule has 48 valence electrons. The molecule has 0 bridgehead atoms. The lowest BCUT2D eigenvalue weighted by atomic mass is 10.7. The highest BCUT2D eigenvalue weighted by molar-refractivity contribution is 14.2. The van der Waals surface area contributed by atoms with Crippen LogP contribution in [0.25, 0.3) is 0 Å². The van der Waals surface area contributed by atoms with E-state index < -0.39 is 30.6 Å². The predicted octanol–water partition coefficient (Wildman–Crippen LogP) is 0.467. The monoisotopic (exact) mass is 235 g/mol. The third kappa shape index (κ3) is 1.81. The van der Waals surface area contributed by atoms with Gasteiger partial charge in [-0.15, -0.1) is 0 Å². The Bertz CT molecular complexity index is 124. The first-order valence-electron chi connectivity index (χ1n) is 1.58. The van der Waals surface area contributed by atoms with E-state index in [1.54, 1.807) is 0 Å². The fourth-order valence-corrected chi connectivity index (χ4v) is 0.442. The van der Waals surface area contributed by atoms with Crippen LogP contribution in [-0.4, -0.2) is 14.4 Å². The summed E-state index contributed by atoms with van der Waals surface area (Å²) in [6, 6.07) is 0. The Kier molecular flexibility index (Phi) is 2.45. The van der Waals surface area contributed by atoms with Crippen LogP contribution >= 0.6 is 20.7 Å². The highest BCUT2D eigenvalue weighted by atomic mass is 127. The maximum Gasteiger partial charge on any atom is 0.366 e. The Morgan fingerprint density at radius 3 is 2.12 bits per heavy atom. The molecule has 0 spiro atoms. The third-order valence-electron chi connectivity index (χ3n) is 0.447. The molecule has 0 rings (SSSR count). The van der Waals surface area contributed by atoms with Gasteiger partial charge < -0.3 is 5.73 Å². The van der Waals surface area contributed by atoms with E-state index >= 15 is 0 Å². The second-order valence-electron chi connectivity index (χ2n) is 0.996. The fourth-order valence-electron chi connectivity index (χ4n) is 0.0659. The summed E-state index contributed by atoms with van der Waals surface area (Å²) in [4.78, 5) is 9.71. The lowest BCUT2D eigenvalue weighted by molar-refractivity contribution is -0.129. The summed E-state index contributed by atoms with van der Waals surface area (Å²) in [6.45, 7) is 0. The Labute approximate surface area is 54.8 Å². The summed E-state index contributed by atoms with van der Waals surface area (Å²) in [5.41, 5.74) is 4.28. The number of rotatable bonds is 2. The van der Waals surface area contributed by atoms with Crippen molar-refractivity contribution < 1.29 is 13.6 Å². The number of hydrogen-bond acceptors (Lipinski definition) is 1. The van der Waals surface area contributed by atoms with Crippen molar-refractivity contribution in [3.8, 4) is 0 Å². The van der Waals surface area contributed by atoms with E-state index in [4.69, 9.17) is 0 Å². The van der Waals surface area contributed by atoms with Crippen LogP contribution in [0.2, 0.25) is 0 Å². The quantitative estimate of drug-likeness (QED) is 0.548. The molecule has 0 aliphatic carbocycles. The molecule has 0 aromatic carbocycles. The molecule has 0 aliphatic heterocycles. The van der Waals surface area contributed by atoms with E-state index in [0.717, 1.165) is 0 Å². The van der Waals surface area contributed by atoms with Gasteiger partial charge >= 0.3 is 3.93 Å². The molecule has 2 N–H and O–H groups in total. The first-order valence-corrected chi connectivity index (χ1v) is 4.18. The van der Waals surface area contributed by atoms with Gasteiger partial charge in [0.05, 0.1) is 0 Å². The second kappa shape index (κ2) is 2.47. The van der Waals surface area contributed by atoms with Gasteiger partial charge in [0.1, 0.15) is 0 Å². The molecule has 5 heteroatoms. The number of nitrogens with two attached hydrogens (primary N) is 1. The predicted molar refractivity (Wildman–Crippen MR) is 35.3 cm³/mol. The van der Waals surface area contributed by atoms with E-state index in [1.807, 2.05) is 0 Å². The maximum absolute atomic E-state index is 11.8. The van der Waals surface area contributed by atoms with Gasteiger partial charge in [-0.25, -0.2) is 0 Å². The first-order chi connectivity index (χ1) is 3.50. The normalized spacial score (nSPS) is 11.2. The third-order valence-corrected chi connectivity index (χ3v) is 1.94. The molecule has 0 saturated carbocycles. The number of carbonyl (C=O) groups excluding carboxylic acids is 1. The van der Waals surface area contributed by atoms with Gasteiger partial charge in [0.15, 0.2) is 0 Å². The number of hydrogen-bond donors (Lipinski definition) is 1. The summed E-state index contributed by atoms with van der Waals surface area (Å²) >= 11 is -1.64. The number of carbonyl (C=O) groups is 1. The van der Waals surface area contributed by atoms with Crippen LogP contribution in [-0.2, 0) is 4.79 Å². The van der Waals surface area contributed by atoms with Crippen molar-refractivity contribution in [2.24, 2.45) is 5.73 Å². The highest BCUT2D eigenvalue weighted by Gasteiger charge is 2.32. The van der Waals surface area contributed by atoms with Crippen LogP contribution in [0.4, 0.5) is 8.78 Å². The first kappa shape index (κ1) is 7.93. The summed E-state index contributed by atoms with van der Waals surface area (Å²) in [7, 11) is 0. The van der Waals surface area contributed by atoms with Crippen molar-refractivity contribution >= 4 is 31.2 Å². The van der Waals surface area contributed by atoms with Crippen LogP contribution in [0.5, 0.6) is 0 Å². The minimum Gasteiger partial charge on any atom is -0.364 e. The van der Waals surface area contributed by atoms with Crippen molar-refractivity contribution in [2.75, 3.05) is 0 Å². The average Bonchev–Trinajstić information content (AvgIpc) is 1.67. The van der Waals surface area contributed by atoms with Crippen molar-refractivity contribution in [2.45, 2.75) is 3.93 Å². The van der Waals surface area contributed by atoms with Gasteiger partial charge in [-0.05, 0) is 20.7 Å². The van der Waals surface area contributed by atoms with Crippen LogP contribution in [0.15, 0.2) is 0 Å². The molecule has 0 unspecified atom stereocenters. The molecule has 0 aromatic heterocycles. The van der Waals surface area contributed by atoms with E-state index in [-0.39, 0.29) is 0 Å². The molecule has 2 nitrogen and oxygen atoms in total. The molecule has 0 saturated heterocycles. The van der Waals surface area contributed by atoms with Crippen LogP contribution in [0.1, 0.15) is 0 Å². The lowest BCUT2D eigenvalue weighted by Crippen LogP contribution is -2.29. The lowest BCUT2D eigenvalue weighted by Gasteiger charge is -2.01. The Morgan fingerprint density at radius 2 is 2.12 bits per heavy atom. The molecule has 8 heavy (non-hydrogen) atoms.